The quantitative estimate of drug-likeness (QED) is 0.863. The van der Waals surface area contributed by atoms with Gasteiger partial charge in [0.05, 0.1) is 19.2 Å². The maximum atomic E-state index is 5.96. The van der Waals surface area contributed by atoms with E-state index in [0.717, 1.165) is 24.7 Å². The van der Waals surface area contributed by atoms with Gasteiger partial charge in [-0.05, 0) is 41.9 Å². The van der Waals surface area contributed by atoms with Gasteiger partial charge in [-0.2, -0.15) is 5.06 Å². The molecule has 1 N–H and O–H groups in total. The van der Waals surface area contributed by atoms with E-state index in [0.29, 0.717) is 23.9 Å². The first-order chi connectivity index (χ1) is 10.3. The van der Waals surface area contributed by atoms with E-state index >= 15 is 0 Å². The Bertz CT molecular complexity index is 539. The molecule has 0 saturated carbocycles. The van der Waals surface area contributed by atoms with Crippen LogP contribution in [0, 0.1) is 5.92 Å². The molecule has 0 aliphatic carbocycles. The summed E-state index contributed by atoms with van der Waals surface area (Å²) in [6.07, 6.45) is 1.14. The number of thioether (sulfide) groups is 1. The van der Waals surface area contributed by atoms with Crippen molar-refractivity contribution in [2.45, 2.75) is 31.3 Å². The van der Waals surface area contributed by atoms with Gasteiger partial charge in [0.2, 0.25) is 0 Å². The predicted molar refractivity (Wildman–Crippen MR) is 85.8 cm³/mol. The molecule has 1 aromatic rings. The summed E-state index contributed by atoms with van der Waals surface area (Å²) in [5.74, 6) is 4.13. The van der Waals surface area contributed by atoms with Crippen molar-refractivity contribution in [1.82, 2.24) is 5.06 Å². The maximum absolute atomic E-state index is 5.96. The lowest BCUT2D eigenvalue weighted by Gasteiger charge is -2.43. The molecule has 0 amide bonds. The summed E-state index contributed by atoms with van der Waals surface area (Å²) in [6.45, 7) is 3.38. The van der Waals surface area contributed by atoms with Crippen molar-refractivity contribution in [3.05, 3.63) is 23.8 Å². The molecule has 114 valence electrons. The molecule has 4 nitrogen and oxygen atoms in total. The molecule has 0 aromatic heterocycles. The minimum atomic E-state index is 0.453. The van der Waals surface area contributed by atoms with Crippen molar-refractivity contribution in [3.8, 4) is 5.75 Å². The SMILES string of the molecule is COc1ccc2c(c1)C1CCN3OCSC[C@@H](C)[C@H]3C1N2. The lowest BCUT2D eigenvalue weighted by Crippen LogP contribution is -2.55. The lowest BCUT2D eigenvalue weighted by atomic mass is 9.80. The van der Waals surface area contributed by atoms with Gasteiger partial charge in [-0.25, -0.2) is 0 Å². The highest BCUT2D eigenvalue weighted by molar-refractivity contribution is 7.99. The zero-order valence-electron chi connectivity index (χ0n) is 12.5. The molecule has 0 bridgehead atoms. The molecular weight excluding hydrogens is 284 g/mol. The van der Waals surface area contributed by atoms with E-state index in [9.17, 15) is 0 Å². The van der Waals surface area contributed by atoms with Gasteiger partial charge in [0.1, 0.15) is 11.7 Å². The number of ether oxygens (including phenoxy) is 1. The van der Waals surface area contributed by atoms with E-state index in [1.807, 2.05) is 17.8 Å². The van der Waals surface area contributed by atoms with Crippen molar-refractivity contribution >= 4 is 17.4 Å². The fourth-order valence-electron chi connectivity index (χ4n) is 4.06. The van der Waals surface area contributed by atoms with Crippen LogP contribution in [0.15, 0.2) is 18.2 Å². The number of nitrogens with zero attached hydrogens (tertiary/aromatic N) is 1. The summed E-state index contributed by atoms with van der Waals surface area (Å²) in [5.41, 5.74) is 2.69. The zero-order valence-corrected chi connectivity index (χ0v) is 13.4. The van der Waals surface area contributed by atoms with E-state index in [1.54, 1.807) is 7.11 Å². The van der Waals surface area contributed by atoms with Crippen LogP contribution >= 0.6 is 11.8 Å². The molecule has 2 unspecified atom stereocenters. The number of hydroxylamine groups is 2. The minimum absolute atomic E-state index is 0.453. The highest BCUT2D eigenvalue weighted by atomic mass is 32.2. The number of nitrogens with one attached hydrogen (secondary N) is 1. The highest BCUT2D eigenvalue weighted by Gasteiger charge is 2.46. The Labute approximate surface area is 130 Å². The number of piperidine rings is 1. The van der Waals surface area contributed by atoms with Gasteiger partial charge in [0, 0.05) is 18.2 Å². The van der Waals surface area contributed by atoms with Crippen molar-refractivity contribution in [1.29, 1.82) is 0 Å². The Hall–Kier alpha value is -0.910. The molecule has 0 radical (unpaired) electrons. The van der Waals surface area contributed by atoms with Crippen LogP contribution in [0.4, 0.5) is 5.69 Å². The van der Waals surface area contributed by atoms with E-state index in [4.69, 9.17) is 9.57 Å². The fraction of sp³-hybridized carbons (Fsp3) is 0.625. The Morgan fingerprint density at radius 2 is 2.33 bits per heavy atom. The van der Waals surface area contributed by atoms with Crippen molar-refractivity contribution in [2.24, 2.45) is 5.92 Å². The second-order valence-corrected chi connectivity index (χ2v) is 7.22. The smallest absolute Gasteiger partial charge is 0.119 e. The number of anilines is 1. The number of benzene rings is 1. The van der Waals surface area contributed by atoms with Crippen LogP contribution in [0.5, 0.6) is 5.75 Å². The van der Waals surface area contributed by atoms with Crippen LogP contribution in [0.25, 0.3) is 0 Å². The van der Waals surface area contributed by atoms with Crippen LogP contribution < -0.4 is 10.1 Å². The third-order valence-electron chi connectivity index (χ3n) is 5.04. The summed E-state index contributed by atoms with van der Waals surface area (Å²) in [4.78, 5) is 5.96. The zero-order chi connectivity index (χ0) is 14.4. The molecule has 3 aliphatic rings. The van der Waals surface area contributed by atoms with Gasteiger partial charge in [-0.15, -0.1) is 11.8 Å². The second-order valence-electron chi connectivity index (χ2n) is 6.24. The van der Waals surface area contributed by atoms with Crippen LogP contribution in [-0.4, -0.2) is 42.5 Å². The van der Waals surface area contributed by atoms with Gasteiger partial charge < -0.3 is 10.1 Å². The topological polar surface area (TPSA) is 33.7 Å². The Kier molecular flexibility index (Phi) is 3.52. The largest absolute Gasteiger partial charge is 0.497 e. The number of hydrogen-bond donors (Lipinski definition) is 1. The standard InChI is InChI=1S/C16H22N2O2S/c1-10-8-21-9-20-18-6-5-12-13-7-11(19-2)3-4-14(13)17-15(12)16(10)18/h3-4,7,10,12,15-17H,5-6,8-9H2,1-2H3/t10-,12?,15?,16+/m1/s1. The Morgan fingerprint density at radius 3 is 3.19 bits per heavy atom. The van der Waals surface area contributed by atoms with Crippen molar-refractivity contribution in [2.75, 3.05) is 30.7 Å². The molecule has 21 heavy (non-hydrogen) atoms. The first kappa shape index (κ1) is 13.7. The molecule has 4 atom stereocenters. The molecule has 2 fully saturated rings. The molecule has 2 saturated heterocycles. The first-order valence-corrected chi connectivity index (χ1v) is 8.85. The number of rotatable bonds is 1. The van der Waals surface area contributed by atoms with E-state index in [2.05, 4.69) is 29.4 Å². The van der Waals surface area contributed by atoms with E-state index in [1.165, 1.54) is 17.0 Å². The Morgan fingerprint density at radius 1 is 1.43 bits per heavy atom. The van der Waals surface area contributed by atoms with Crippen LogP contribution in [-0.2, 0) is 4.84 Å². The number of methoxy groups -OCH3 is 1. The van der Waals surface area contributed by atoms with E-state index < -0.39 is 0 Å². The maximum Gasteiger partial charge on any atom is 0.119 e. The number of hydrogen-bond acceptors (Lipinski definition) is 5. The van der Waals surface area contributed by atoms with E-state index in [-0.39, 0.29) is 0 Å². The molecule has 3 aliphatic heterocycles. The van der Waals surface area contributed by atoms with Crippen LogP contribution in [0.3, 0.4) is 0 Å². The second kappa shape index (κ2) is 5.38. The average molecular weight is 306 g/mol. The molecule has 1 aromatic carbocycles. The molecule has 5 heteroatoms. The normalized spacial score (nSPS) is 35.1. The minimum Gasteiger partial charge on any atom is -0.497 e. The van der Waals surface area contributed by atoms with Crippen molar-refractivity contribution in [3.63, 3.8) is 0 Å². The van der Waals surface area contributed by atoms with Gasteiger partial charge in [0.25, 0.3) is 0 Å². The summed E-state index contributed by atoms with van der Waals surface area (Å²) in [6, 6.07) is 7.32. The molecule has 3 heterocycles. The lowest BCUT2D eigenvalue weighted by molar-refractivity contribution is -0.191. The predicted octanol–water partition coefficient (Wildman–Crippen LogP) is 2.92. The molecule has 0 spiro atoms. The monoisotopic (exact) mass is 306 g/mol. The molecular formula is C16H22N2O2S. The highest BCUT2D eigenvalue weighted by Crippen LogP contribution is 2.46. The van der Waals surface area contributed by atoms with Gasteiger partial charge in [-0.1, -0.05) is 6.92 Å². The first-order valence-electron chi connectivity index (χ1n) is 7.69. The summed E-state index contributed by atoms with van der Waals surface area (Å²) in [5, 5.41) is 6.00. The van der Waals surface area contributed by atoms with Gasteiger partial charge >= 0.3 is 0 Å². The van der Waals surface area contributed by atoms with Gasteiger partial charge in [-0.3, -0.25) is 4.84 Å². The summed E-state index contributed by atoms with van der Waals surface area (Å²) < 4.78 is 5.40. The Balaban J connectivity index is 1.67. The van der Waals surface area contributed by atoms with Crippen LogP contribution in [0.1, 0.15) is 24.8 Å². The van der Waals surface area contributed by atoms with Crippen LogP contribution in [0.2, 0.25) is 0 Å². The van der Waals surface area contributed by atoms with Crippen molar-refractivity contribution < 1.29 is 9.57 Å². The fourth-order valence-corrected chi connectivity index (χ4v) is 4.93. The number of fused-ring (bicyclic) bond motifs is 5. The third kappa shape index (κ3) is 2.22. The summed E-state index contributed by atoms with van der Waals surface area (Å²) in [7, 11) is 1.74. The third-order valence-corrected chi connectivity index (χ3v) is 6.07. The summed E-state index contributed by atoms with van der Waals surface area (Å²) >= 11 is 1.90. The van der Waals surface area contributed by atoms with Gasteiger partial charge in [0.15, 0.2) is 0 Å². The average Bonchev–Trinajstić information content (AvgIpc) is 2.77. The molecule has 4 rings (SSSR count).